The molecule has 3 nitrogen and oxygen atoms in total. The Labute approximate surface area is 93.0 Å². The monoisotopic (exact) mass is 215 g/mol. The molecule has 0 bridgehead atoms. The Kier molecular flexibility index (Phi) is 7.39. The Balaban J connectivity index is 3.75. The van der Waals surface area contributed by atoms with Crippen LogP contribution < -0.4 is 5.73 Å². The van der Waals surface area contributed by atoms with Gasteiger partial charge in [-0.1, -0.05) is 46.5 Å². The topological polar surface area (TPSA) is 63.3 Å². The number of nitrogens with two attached hydrogens (primary N) is 1. The van der Waals surface area contributed by atoms with Crippen molar-refractivity contribution in [2.75, 3.05) is 0 Å². The van der Waals surface area contributed by atoms with Crippen LogP contribution in [0.15, 0.2) is 0 Å². The van der Waals surface area contributed by atoms with Crippen LogP contribution >= 0.6 is 0 Å². The largest absolute Gasteiger partial charge is 0.480 e. The second-order valence-corrected chi connectivity index (χ2v) is 4.68. The van der Waals surface area contributed by atoms with Crippen LogP contribution in [0.5, 0.6) is 0 Å². The maximum Gasteiger partial charge on any atom is 0.320 e. The van der Waals surface area contributed by atoms with E-state index in [1.807, 2.05) is 6.92 Å². The number of carbonyl (C=O) groups is 1. The zero-order valence-electron chi connectivity index (χ0n) is 10.2. The lowest BCUT2D eigenvalue weighted by atomic mass is 9.89. The smallest absolute Gasteiger partial charge is 0.320 e. The molecule has 0 aromatic heterocycles. The average molecular weight is 215 g/mol. The van der Waals surface area contributed by atoms with Crippen molar-refractivity contribution in [2.45, 2.75) is 58.9 Å². The van der Waals surface area contributed by atoms with Gasteiger partial charge >= 0.3 is 5.97 Å². The van der Waals surface area contributed by atoms with Gasteiger partial charge in [-0.25, -0.2) is 0 Å². The van der Waals surface area contributed by atoms with Gasteiger partial charge in [0.05, 0.1) is 0 Å². The second kappa shape index (κ2) is 7.69. The maximum atomic E-state index is 10.7. The molecule has 0 saturated carbocycles. The molecule has 15 heavy (non-hydrogen) atoms. The van der Waals surface area contributed by atoms with Gasteiger partial charge in [0.1, 0.15) is 6.04 Å². The fraction of sp³-hybridized carbons (Fsp3) is 0.917. The molecule has 3 heteroatoms. The highest BCUT2D eigenvalue weighted by Gasteiger charge is 2.21. The van der Waals surface area contributed by atoms with Gasteiger partial charge in [-0.2, -0.15) is 0 Å². The first-order chi connectivity index (χ1) is 6.99. The van der Waals surface area contributed by atoms with E-state index in [1.165, 1.54) is 25.7 Å². The first-order valence-corrected chi connectivity index (χ1v) is 5.97. The van der Waals surface area contributed by atoms with Crippen molar-refractivity contribution < 1.29 is 9.90 Å². The second-order valence-electron chi connectivity index (χ2n) is 4.68. The van der Waals surface area contributed by atoms with Crippen LogP contribution in [0.3, 0.4) is 0 Å². The molecule has 0 spiro atoms. The molecular formula is C12H25NO2. The van der Waals surface area contributed by atoms with Crippen LogP contribution in [-0.4, -0.2) is 17.1 Å². The van der Waals surface area contributed by atoms with E-state index in [9.17, 15) is 4.79 Å². The normalized spacial score (nSPS) is 17.1. The van der Waals surface area contributed by atoms with Crippen molar-refractivity contribution >= 4 is 5.97 Å². The molecule has 0 aromatic carbocycles. The first kappa shape index (κ1) is 14.4. The zero-order valence-corrected chi connectivity index (χ0v) is 10.2. The highest BCUT2D eigenvalue weighted by Crippen LogP contribution is 2.19. The highest BCUT2D eigenvalue weighted by atomic mass is 16.4. The van der Waals surface area contributed by atoms with Crippen LogP contribution in [-0.2, 0) is 4.79 Å². The summed E-state index contributed by atoms with van der Waals surface area (Å²) in [5.74, 6) is -0.237. The third-order valence-electron chi connectivity index (χ3n) is 2.97. The Morgan fingerprint density at radius 1 is 1.33 bits per heavy atom. The third-order valence-corrected chi connectivity index (χ3v) is 2.97. The van der Waals surface area contributed by atoms with Gasteiger partial charge < -0.3 is 10.8 Å². The SMILES string of the molecule is CCCCCC(C)CC(C)C(N)C(=O)O. The Morgan fingerprint density at radius 2 is 1.93 bits per heavy atom. The van der Waals surface area contributed by atoms with Crippen molar-refractivity contribution in [1.82, 2.24) is 0 Å². The molecule has 0 aliphatic rings. The van der Waals surface area contributed by atoms with E-state index < -0.39 is 12.0 Å². The lowest BCUT2D eigenvalue weighted by Crippen LogP contribution is -2.37. The number of hydrogen-bond donors (Lipinski definition) is 2. The minimum absolute atomic E-state index is 0.0686. The van der Waals surface area contributed by atoms with Crippen LogP contribution in [0.2, 0.25) is 0 Å². The van der Waals surface area contributed by atoms with Gasteiger partial charge in [0.25, 0.3) is 0 Å². The Hall–Kier alpha value is -0.570. The number of rotatable bonds is 8. The predicted molar refractivity (Wildman–Crippen MR) is 62.7 cm³/mol. The van der Waals surface area contributed by atoms with Gasteiger partial charge in [0.15, 0.2) is 0 Å². The molecule has 3 N–H and O–H groups in total. The molecule has 0 aromatic rings. The summed E-state index contributed by atoms with van der Waals surface area (Å²) in [7, 11) is 0. The van der Waals surface area contributed by atoms with Crippen molar-refractivity contribution in [2.24, 2.45) is 17.6 Å². The van der Waals surface area contributed by atoms with E-state index >= 15 is 0 Å². The summed E-state index contributed by atoms with van der Waals surface area (Å²) in [6.07, 6.45) is 5.84. The van der Waals surface area contributed by atoms with E-state index in [0.717, 1.165) is 6.42 Å². The summed E-state index contributed by atoms with van der Waals surface area (Å²) < 4.78 is 0. The van der Waals surface area contributed by atoms with Gasteiger partial charge in [-0.15, -0.1) is 0 Å². The van der Waals surface area contributed by atoms with E-state index in [4.69, 9.17) is 10.8 Å². The molecule has 0 amide bonds. The third kappa shape index (κ3) is 6.50. The fourth-order valence-corrected chi connectivity index (χ4v) is 1.89. The minimum atomic E-state index is -0.886. The summed E-state index contributed by atoms with van der Waals surface area (Å²) in [5, 5.41) is 8.75. The van der Waals surface area contributed by atoms with Gasteiger partial charge in [0.2, 0.25) is 0 Å². The summed E-state index contributed by atoms with van der Waals surface area (Å²) in [4.78, 5) is 10.7. The maximum absolute atomic E-state index is 10.7. The molecule has 3 unspecified atom stereocenters. The summed E-state index contributed by atoms with van der Waals surface area (Å²) in [6.45, 7) is 6.30. The molecule has 0 rings (SSSR count). The van der Waals surface area contributed by atoms with E-state index in [0.29, 0.717) is 5.92 Å². The van der Waals surface area contributed by atoms with Crippen LogP contribution in [0.4, 0.5) is 0 Å². The molecule has 0 radical (unpaired) electrons. The van der Waals surface area contributed by atoms with Gasteiger partial charge in [-0.3, -0.25) is 4.79 Å². The lowest BCUT2D eigenvalue weighted by Gasteiger charge is -2.20. The molecule has 90 valence electrons. The standard InChI is InChI=1S/C12H25NO2/c1-4-5-6-7-9(2)8-10(3)11(13)12(14)15/h9-11H,4-8,13H2,1-3H3,(H,14,15). The summed E-state index contributed by atoms with van der Waals surface area (Å²) in [6, 6.07) is -0.710. The molecular weight excluding hydrogens is 190 g/mol. The fourth-order valence-electron chi connectivity index (χ4n) is 1.89. The highest BCUT2D eigenvalue weighted by molar-refractivity contribution is 5.73. The van der Waals surface area contributed by atoms with Crippen molar-refractivity contribution in [3.63, 3.8) is 0 Å². The number of hydrogen-bond acceptors (Lipinski definition) is 2. The van der Waals surface area contributed by atoms with E-state index in [-0.39, 0.29) is 5.92 Å². The molecule has 3 atom stereocenters. The van der Waals surface area contributed by atoms with Crippen molar-refractivity contribution in [1.29, 1.82) is 0 Å². The number of unbranched alkanes of at least 4 members (excludes halogenated alkanes) is 2. The predicted octanol–water partition coefficient (Wildman–Crippen LogP) is 2.64. The molecule has 0 aliphatic heterocycles. The summed E-state index contributed by atoms with van der Waals surface area (Å²) >= 11 is 0. The number of aliphatic carboxylic acids is 1. The van der Waals surface area contributed by atoms with Crippen molar-refractivity contribution in [3.05, 3.63) is 0 Å². The Bertz CT molecular complexity index is 182. The van der Waals surface area contributed by atoms with E-state index in [2.05, 4.69) is 13.8 Å². The number of carboxylic acids is 1. The molecule has 0 aliphatic carbocycles. The minimum Gasteiger partial charge on any atom is -0.480 e. The molecule has 0 saturated heterocycles. The molecule has 0 fully saturated rings. The number of carboxylic acid groups (broad SMARTS) is 1. The molecule has 0 heterocycles. The van der Waals surface area contributed by atoms with Crippen LogP contribution in [0.1, 0.15) is 52.9 Å². The van der Waals surface area contributed by atoms with Gasteiger partial charge in [0, 0.05) is 0 Å². The van der Waals surface area contributed by atoms with E-state index in [1.54, 1.807) is 0 Å². The van der Waals surface area contributed by atoms with Crippen molar-refractivity contribution in [3.8, 4) is 0 Å². The van der Waals surface area contributed by atoms with Gasteiger partial charge in [-0.05, 0) is 18.3 Å². The lowest BCUT2D eigenvalue weighted by molar-refractivity contribution is -0.139. The quantitative estimate of drug-likeness (QED) is 0.612. The zero-order chi connectivity index (χ0) is 11.8. The van der Waals surface area contributed by atoms with Crippen LogP contribution in [0.25, 0.3) is 0 Å². The summed E-state index contributed by atoms with van der Waals surface area (Å²) in [5.41, 5.74) is 5.56. The average Bonchev–Trinajstić information content (AvgIpc) is 2.16. The Morgan fingerprint density at radius 3 is 2.40 bits per heavy atom. The van der Waals surface area contributed by atoms with Crippen LogP contribution in [0, 0.1) is 11.8 Å². The first-order valence-electron chi connectivity index (χ1n) is 5.97.